The molecule has 1 aliphatic heterocycles. The van der Waals surface area contributed by atoms with Crippen molar-refractivity contribution < 1.29 is 9.53 Å². The van der Waals surface area contributed by atoms with Crippen molar-refractivity contribution in [2.75, 3.05) is 19.8 Å². The Hall–Kier alpha value is -2.67. The normalized spacial score (nSPS) is 18.2. The molecule has 1 unspecified atom stereocenters. The van der Waals surface area contributed by atoms with Gasteiger partial charge in [-0.25, -0.2) is 4.98 Å². The van der Waals surface area contributed by atoms with Gasteiger partial charge in [0.2, 0.25) is 0 Å². The highest BCUT2D eigenvalue weighted by Crippen LogP contribution is 2.26. The van der Waals surface area contributed by atoms with E-state index in [0.29, 0.717) is 25.5 Å². The number of nitrogens with one attached hydrogen (secondary N) is 1. The fraction of sp³-hybridized carbons (Fsp3) is 0.353. The number of fused-ring (bicyclic) bond motifs is 1. The van der Waals surface area contributed by atoms with Crippen molar-refractivity contribution in [1.82, 2.24) is 24.5 Å². The second-order valence-electron chi connectivity index (χ2n) is 6.08. The van der Waals surface area contributed by atoms with Gasteiger partial charge in [0.15, 0.2) is 0 Å². The van der Waals surface area contributed by atoms with Crippen LogP contribution in [0.4, 0.5) is 0 Å². The SMILES string of the molecule is Cc1cn[nH]c1C1COCCN1C(=O)c1cn2c(C)cccc2n1. The Labute approximate surface area is 139 Å². The van der Waals surface area contributed by atoms with Crippen LogP contribution < -0.4 is 0 Å². The van der Waals surface area contributed by atoms with Crippen LogP contribution in [0.1, 0.15) is 33.5 Å². The summed E-state index contributed by atoms with van der Waals surface area (Å²) in [5.74, 6) is -0.0830. The number of aromatic amines is 1. The van der Waals surface area contributed by atoms with Crippen molar-refractivity contribution in [3.05, 3.63) is 53.2 Å². The highest BCUT2D eigenvalue weighted by Gasteiger charge is 2.32. The number of hydrogen-bond acceptors (Lipinski definition) is 4. The van der Waals surface area contributed by atoms with Gasteiger partial charge in [0.25, 0.3) is 5.91 Å². The number of ether oxygens (including phenoxy) is 1. The van der Waals surface area contributed by atoms with Gasteiger partial charge in [0.1, 0.15) is 11.3 Å². The van der Waals surface area contributed by atoms with E-state index in [2.05, 4.69) is 15.2 Å². The molecule has 7 heteroatoms. The van der Waals surface area contributed by atoms with E-state index in [9.17, 15) is 4.79 Å². The number of amides is 1. The summed E-state index contributed by atoms with van der Waals surface area (Å²) in [6.07, 6.45) is 3.57. The number of aromatic nitrogens is 4. The highest BCUT2D eigenvalue weighted by atomic mass is 16.5. The lowest BCUT2D eigenvalue weighted by Crippen LogP contribution is -2.44. The molecule has 1 aliphatic rings. The topological polar surface area (TPSA) is 75.5 Å². The second kappa shape index (κ2) is 5.76. The van der Waals surface area contributed by atoms with E-state index in [4.69, 9.17) is 4.74 Å². The molecule has 3 aromatic heterocycles. The van der Waals surface area contributed by atoms with E-state index in [0.717, 1.165) is 22.6 Å². The Morgan fingerprint density at radius 3 is 3.00 bits per heavy atom. The zero-order chi connectivity index (χ0) is 16.7. The fourth-order valence-corrected chi connectivity index (χ4v) is 3.18. The molecule has 0 bridgehead atoms. The van der Waals surface area contributed by atoms with E-state index in [-0.39, 0.29) is 11.9 Å². The first-order chi connectivity index (χ1) is 11.6. The molecule has 0 saturated carbocycles. The van der Waals surface area contributed by atoms with E-state index in [1.165, 1.54) is 0 Å². The highest BCUT2D eigenvalue weighted by molar-refractivity contribution is 5.93. The third-order valence-corrected chi connectivity index (χ3v) is 4.51. The van der Waals surface area contributed by atoms with Crippen molar-refractivity contribution >= 4 is 11.6 Å². The Morgan fingerprint density at radius 1 is 1.38 bits per heavy atom. The average Bonchev–Trinajstić information content (AvgIpc) is 3.21. The number of pyridine rings is 1. The van der Waals surface area contributed by atoms with E-state index < -0.39 is 0 Å². The lowest BCUT2D eigenvalue weighted by atomic mass is 10.1. The largest absolute Gasteiger partial charge is 0.377 e. The zero-order valence-electron chi connectivity index (χ0n) is 13.7. The summed E-state index contributed by atoms with van der Waals surface area (Å²) in [4.78, 5) is 19.4. The van der Waals surface area contributed by atoms with Crippen molar-refractivity contribution in [2.45, 2.75) is 19.9 Å². The van der Waals surface area contributed by atoms with Gasteiger partial charge in [-0.15, -0.1) is 0 Å². The van der Waals surface area contributed by atoms with Crippen LogP contribution >= 0.6 is 0 Å². The van der Waals surface area contributed by atoms with Crippen LogP contribution in [0.2, 0.25) is 0 Å². The lowest BCUT2D eigenvalue weighted by molar-refractivity contribution is -0.00434. The number of aryl methyl sites for hydroxylation is 2. The van der Waals surface area contributed by atoms with Crippen LogP contribution in [0.15, 0.2) is 30.6 Å². The average molecular weight is 325 g/mol. The van der Waals surface area contributed by atoms with Crippen molar-refractivity contribution in [1.29, 1.82) is 0 Å². The summed E-state index contributed by atoms with van der Waals surface area (Å²) < 4.78 is 7.52. The van der Waals surface area contributed by atoms with Gasteiger partial charge in [0, 0.05) is 18.4 Å². The molecular weight excluding hydrogens is 306 g/mol. The first-order valence-corrected chi connectivity index (χ1v) is 7.98. The molecule has 1 N–H and O–H groups in total. The maximum atomic E-state index is 13.1. The number of H-pyrrole nitrogens is 1. The number of rotatable bonds is 2. The van der Waals surface area contributed by atoms with Crippen molar-refractivity contribution in [3.63, 3.8) is 0 Å². The summed E-state index contributed by atoms with van der Waals surface area (Å²) in [5.41, 5.74) is 4.22. The first kappa shape index (κ1) is 14.9. The Balaban J connectivity index is 1.70. The molecule has 4 heterocycles. The van der Waals surface area contributed by atoms with Gasteiger partial charge in [-0.1, -0.05) is 6.07 Å². The number of hydrogen-bond donors (Lipinski definition) is 1. The van der Waals surface area contributed by atoms with Gasteiger partial charge in [-0.05, 0) is 31.5 Å². The predicted molar refractivity (Wildman–Crippen MR) is 87.9 cm³/mol. The fourth-order valence-electron chi connectivity index (χ4n) is 3.18. The minimum atomic E-state index is -0.167. The molecule has 1 atom stereocenters. The molecule has 0 aromatic carbocycles. The molecule has 4 rings (SSSR count). The zero-order valence-corrected chi connectivity index (χ0v) is 13.7. The predicted octanol–water partition coefficient (Wildman–Crippen LogP) is 1.89. The third kappa shape index (κ3) is 2.37. The van der Waals surface area contributed by atoms with Crippen LogP contribution in [0.5, 0.6) is 0 Å². The smallest absolute Gasteiger partial charge is 0.274 e. The van der Waals surface area contributed by atoms with Crippen LogP contribution in [0.3, 0.4) is 0 Å². The minimum absolute atomic E-state index is 0.0830. The molecule has 3 aromatic rings. The van der Waals surface area contributed by atoms with E-state index >= 15 is 0 Å². The van der Waals surface area contributed by atoms with Crippen molar-refractivity contribution in [3.8, 4) is 0 Å². The molecule has 0 radical (unpaired) electrons. The van der Waals surface area contributed by atoms with Crippen LogP contribution in [-0.4, -0.2) is 50.1 Å². The van der Waals surface area contributed by atoms with Gasteiger partial charge in [-0.3, -0.25) is 9.89 Å². The number of carbonyl (C=O) groups excluding carboxylic acids is 1. The van der Waals surface area contributed by atoms with Crippen LogP contribution in [0, 0.1) is 13.8 Å². The first-order valence-electron chi connectivity index (χ1n) is 7.98. The summed E-state index contributed by atoms with van der Waals surface area (Å²) in [6, 6.07) is 5.67. The molecule has 1 amide bonds. The second-order valence-corrected chi connectivity index (χ2v) is 6.08. The molecule has 1 fully saturated rings. The van der Waals surface area contributed by atoms with Gasteiger partial charge in [-0.2, -0.15) is 5.10 Å². The standard InChI is InChI=1S/C17H19N5O2/c1-11-8-18-20-16(11)14-10-24-7-6-21(14)17(23)13-9-22-12(2)4-3-5-15(22)19-13/h3-5,8-9,14H,6-7,10H2,1-2H3,(H,18,20). The molecular formula is C17H19N5O2. The van der Waals surface area contributed by atoms with Gasteiger partial charge < -0.3 is 14.0 Å². The molecule has 0 aliphatic carbocycles. The maximum absolute atomic E-state index is 13.1. The van der Waals surface area contributed by atoms with Gasteiger partial charge >= 0.3 is 0 Å². The molecule has 7 nitrogen and oxygen atoms in total. The maximum Gasteiger partial charge on any atom is 0.274 e. The monoisotopic (exact) mass is 325 g/mol. The van der Waals surface area contributed by atoms with Gasteiger partial charge in [0.05, 0.1) is 31.1 Å². The van der Waals surface area contributed by atoms with E-state index in [1.807, 2.05) is 41.3 Å². The minimum Gasteiger partial charge on any atom is -0.377 e. The molecule has 1 saturated heterocycles. The molecule has 24 heavy (non-hydrogen) atoms. The summed E-state index contributed by atoms with van der Waals surface area (Å²) in [5, 5.41) is 7.07. The van der Waals surface area contributed by atoms with Crippen LogP contribution in [0.25, 0.3) is 5.65 Å². The quantitative estimate of drug-likeness (QED) is 0.781. The molecule has 124 valence electrons. The number of morpholine rings is 1. The Kier molecular flexibility index (Phi) is 3.57. The summed E-state index contributed by atoms with van der Waals surface area (Å²) in [6.45, 7) is 5.50. The third-order valence-electron chi connectivity index (χ3n) is 4.51. The Bertz CT molecular complexity index is 897. The summed E-state index contributed by atoms with van der Waals surface area (Å²) in [7, 11) is 0. The molecule has 0 spiro atoms. The van der Waals surface area contributed by atoms with Crippen molar-refractivity contribution in [2.24, 2.45) is 0 Å². The van der Waals surface area contributed by atoms with Crippen LogP contribution in [-0.2, 0) is 4.74 Å². The lowest BCUT2D eigenvalue weighted by Gasteiger charge is -2.34. The summed E-state index contributed by atoms with van der Waals surface area (Å²) >= 11 is 0. The number of carbonyl (C=O) groups is 1. The van der Waals surface area contributed by atoms with E-state index in [1.54, 1.807) is 12.4 Å². The number of imidazole rings is 1. The number of nitrogens with zero attached hydrogens (tertiary/aromatic N) is 4. The Morgan fingerprint density at radius 2 is 2.25 bits per heavy atom.